The molecule has 3 heterocycles. The van der Waals surface area contributed by atoms with E-state index in [-0.39, 0.29) is 0 Å². The van der Waals surface area contributed by atoms with Crippen LogP contribution in [0.3, 0.4) is 0 Å². The zero-order valence-electron chi connectivity index (χ0n) is 10.1. The SMILES string of the molecule is N#Cc1c(N)sc2c1CCN(c1cccc(F)n1)C2. The Morgan fingerprint density at radius 2 is 2.32 bits per heavy atom. The average Bonchev–Trinajstić information content (AvgIpc) is 2.72. The summed E-state index contributed by atoms with van der Waals surface area (Å²) in [5.41, 5.74) is 7.48. The summed E-state index contributed by atoms with van der Waals surface area (Å²) in [6, 6.07) is 6.92. The van der Waals surface area contributed by atoms with Gasteiger partial charge in [0.2, 0.25) is 5.95 Å². The molecule has 19 heavy (non-hydrogen) atoms. The molecule has 4 nitrogen and oxygen atoms in total. The summed E-state index contributed by atoms with van der Waals surface area (Å²) in [4.78, 5) is 6.96. The molecule has 0 aromatic carbocycles. The molecule has 2 N–H and O–H groups in total. The van der Waals surface area contributed by atoms with Crippen LogP contribution in [0.4, 0.5) is 15.2 Å². The topological polar surface area (TPSA) is 65.9 Å². The van der Waals surface area contributed by atoms with Gasteiger partial charge in [-0.2, -0.15) is 9.65 Å². The standard InChI is InChI=1S/C13H11FN4S/c14-11-2-1-3-12(17-11)18-5-4-8-9(6-15)13(16)19-10(8)7-18/h1-3H,4-5,7,16H2. The number of hydrogen-bond donors (Lipinski definition) is 1. The summed E-state index contributed by atoms with van der Waals surface area (Å²) in [5.74, 6) is 0.142. The lowest BCUT2D eigenvalue weighted by molar-refractivity contribution is 0.579. The normalized spacial score (nSPS) is 14.0. The summed E-state index contributed by atoms with van der Waals surface area (Å²) >= 11 is 1.44. The zero-order chi connectivity index (χ0) is 13.4. The third-order valence-electron chi connectivity index (χ3n) is 3.22. The van der Waals surface area contributed by atoms with Crippen molar-refractivity contribution in [3.8, 4) is 6.07 Å². The van der Waals surface area contributed by atoms with E-state index in [0.717, 1.165) is 16.9 Å². The highest BCUT2D eigenvalue weighted by atomic mass is 32.1. The van der Waals surface area contributed by atoms with Gasteiger partial charge in [-0.25, -0.2) is 4.98 Å². The van der Waals surface area contributed by atoms with Crippen LogP contribution in [0, 0.1) is 17.3 Å². The van der Waals surface area contributed by atoms with E-state index in [1.807, 2.05) is 4.90 Å². The van der Waals surface area contributed by atoms with Gasteiger partial charge in [0, 0.05) is 11.4 Å². The van der Waals surface area contributed by atoms with E-state index < -0.39 is 5.95 Å². The molecule has 3 rings (SSSR count). The fraction of sp³-hybridized carbons (Fsp3) is 0.231. The van der Waals surface area contributed by atoms with Crippen LogP contribution in [-0.4, -0.2) is 11.5 Å². The molecule has 0 bridgehead atoms. The first-order valence-corrected chi connectivity index (χ1v) is 6.68. The molecule has 0 atom stereocenters. The molecule has 1 aliphatic heterocycles. The van der Waals surface area contributed by atoms with Crippen LogP contribution in [-0.2, 0) is 13.0 Å². The number of nitrogens with zero attached hydrogens (tertiary/aromatic N) is 3. The van der Waals surface area contributed by atoms with Crippen molar-refractivity contribution in [2.24, 2.45) is 0 Å². The predicted molar refractivity (Wildman–Crippen MR) is 72.4 cm³/mol. The third kappa shape index (κ3) is 2.02. The van der Waals surface area contributed by atoms with Crippen molar-refractivity contribution in [2.45, 2.75) is 13.0 Å². The van der Waals surface area contributed by atoms with Gasteiger partial charge in [0.05, 0.1) is 12.1 Å². The lowest BCUT2D eigenvalue weighted by Gasteiger charge is -2.27. The first-order chi connectivity index (χ1) is 9.19. The van der Waals surface area contributed by atoms with E-state index in [2.05, 4.69) is 11.1 Å². The molecule has 0 radical (unpaired) electrons. The fourth-order valence-electron chi connectivity index (χ4n) is 2.32. The number of nitriles is 1. The van der Waals surface area contributed by atoms with Gasteiger partial charge in [-0.05, 0) is 24.1 Å². The molecule has 1 aliphatic rings. The van der Waals surface area contributed by atoms with Gasteiger partial charge in [-0.3, -0.25) is 0 Å². The molecular formula is C13H11FN4S. The molecule has 0 saturated carbocycles. The smallest absolute Gasteiger partial charge is 0.214 e. The second-order valence-electron chi connectivity index (χ2n) is 4.34. The number of hydrogen-bond acceptors (Lipinski definition) is 5. The minimum absolute atomic E-state index is 0.480. The van der Waals surface area contributed by atoms with Crippen LogP contribution in [0.5, 0.6) is 0 Å². The molecule has 2 aromatic rings. The molecule has 0 spiro atoms. The summed E-state index contributed by atoms with van der Waals surface area (Å²) in [6.45, 7) is 1.34. The van der Waals surface area contributed by atoms with Crippen molar-refractivity contribution in [1.29, 1.82) is 5.26 Å². The number of halogens is 1. The molecule has 0 unspecified atom stereocenters. The number of fused-ring (bicyclic) bond motifs is 1. The van der Waals surface area contributed by atoms with Crippen LogP contribution in [0.1, 0.15) is 16.0 Å². The van der Waals surface area contributed by atoms with Crippen molar-refractivity contribution < 1.29 is 4.39 Å². The second kappa shape index (κ2) is 4.52. The van der Waals surface area contributed by atoms with Crippen molar-refractivity contribution in [1.82, 2.24) is 4.98 Å². The first kappa shape index (κ1) is 11.9. The number of nitrogen functional groups attached to an aromatic ring is 1. The van der Waals surface area contributed by atoms with E-state index in [0.29, 0.717) is 29.5 Å². The maximum Gasteiger partial charge on any atom is 0.214 e. The minimum Gasteiger partial charge on any atom is -0.389 e. The number of anilines is 2. The molecule has 6 heteroatoms. The Morgan fingerprint density at radius 3 is 3.05 bits per heavy atom. The molecule has 0 aliphatic carbocycles. The number of pyridine rings is 1. The third-order valence-corrected chi connectivity index (χ3v) is 4.27. The van der Waals surface area contributed by atoms with E-state index >= 15 is 0 Å². The van der Waals surface area contributed by atoms with Gasteiger partial charge in [0.25, 0.3) is 0 Å². The highest BCUT2D eigenvalue weighted by molar-refractivity contribution is 7.16. The molecule has 2 aromatic heterocycles. The Kier molecular flexibility index (Phi) is 2.84. The zero-order valence-corrected chi connectivity index (χ0v) is 10.9. The van der Waals surface area contributed by atoms with Crippen molar-refractivity contribution in [3.63, 3.8) is 0 Å². The highest BCUT2D eigenvalue weighted by Crippen LogP contribution is 2.35. The maximum atomic E-state index is 13.1. The van der Waals surface area contributed by atoms with Crippen LogP contribution < -0.4 is 10.6 Å². The van der Waals surface area contributed by atoms with Crippen molar-refractivity contribution in [3.05, 3.63) is 40.2 Å². The van der Waals surface area contributed by atoms with Crippen molar-refractivity contribution in [2.75, 3.05) is 17.2 Å². The Bertz CT molecular complexity index is 674. The molecule has 0 saturated heterocycles. The van der Waals surface area contributed by atoms with E-state index in [1.165, 1.54) is 17.4 Å². The van der Waals surface area contributed by atoms with E-state index in [4.69, 9.17) is 11.0 Å². The van der Waals surface area contributed by atoms with Crippen molar-refractivity contribution >= 4 is 22.2 Å². The molecule has 96 valence electrons. The quantitative estimate of drug-likeness (QED) is 0.810. The fourth-order valence-corrected chi connectivity index (χ4v) is 3.40. The molecule has 0 amide bonds. The molecule has 0 fully saturated rings. The Labute approximate surface area is 113 Å². The van der Waals surface area contributed by atoms with Gasteiger partial charge < -0.3 is 10.6 Å². The van der Waals surface area contributed by atoms with Gasteiger partial charge in [-0.15, -0.1) is 11.3 Å². The van der Waals surface area contributed by atoms with Crippen LogP contribution in [0.15, 0.2) is 18.2 Å². The highest BCUT2D eigenvalue weighted by Gasteiger charge is 2.24. The van der Waals surface area contributed by atoms with Gasteiger partial charge in [0.15, 0.2) is 0 Å². The van der Waals surface area contributed by atoms with Crippen LogP contribution >= 0.6 is 11.3 Å². The van der Waals surface area contributed by atoms with E-state index in [1.54, 1.807) is 12.1 Å². The average molecular weight is 274 g/mol. The predicted octanol–water partition coefficient (Wildman–Crippen LogP) is 2.30. The lowest BCUT2D eigenvalue weighted by Crippen LogP contribution is -2.30. The Hall–Kier alpha value is -2.13. The summed E-state index contributed by atoms with van der Waals surface area (Å²) in [5, 5.41) is 9.65. The monoisotopic (exact) mass is 274 g/mol. The summed E-state index contributed by atoms with van der Waals surface area (Å²) in [7, 11) is 0. The summed E-state index contributed by atoms with van der Waals surface area (Å²) < 4.78 is 13.1. The molecular weight excluding hydrogens is 263 g/mol. The van der Waals surface area contributed by atoms with Gasteiger partial charge in [-0.1, -0.05) is 6.07 Å². The van der Waals surface area contributed by atoms with Gasteiger partial charge in [0.1, 0.15) is 16.9 Å². The number of rotatable bonds is 1. The van der Waals surface area contributed by atoms with Crippen LogP contribution in [0.25, 0.3) is 0 Å². The second-order valence-corrected chi connectivity index (χ2v) is 5.48. The maximum absolute atomic E-state index is 13.1. The lowest BCUT2D eigenvalue weighted by atomic mass is 10.0. The van der Waals surface area contributed by atoms with Crippen LogP contribution in [0.2, 0.25) is 0 Å². The number of aromatic nitrogens is 1. The van der Waals surface area contributed by atoms with Gasteiger partial charge >= 0.3 is 0 Å². The minimum atomic E-state index is -0.480. The summed E-state index contributed by atoms with van der Waals surface area (Å²) in [6.07, 6.45) is 0.740. The number of thiophene rings is 1. The Balaban J connectivity index is 1.93. The van der Waals surface area contributed by atoms with E-state index in [9.17, 15) is 4.39 Å². The Morgan fingerprint density at radius 1 is 1.47 bits per heavy atom. The number of nitrogens with two attached hydrogens (primary N) is 1. The largest absolute Gasteiger partial charge is 0.389 e. The first-order valence-electron chi connectivity index (χ1n) is 5.86.